The molecule has 0 bridgehead atoms. The minimum Gasteiger partial charge on any atom is -0.224 e. The van der Waals surface area contributed by atoms with Gasteiger partial charge in [-0.15, -0.1) is 0 Å². The minimum absolute atomic E-state index is 0.293. The van der Waals surface area contributed by atoms with Crippen molar-refractivity contribution in [1.82, 2.24) is 4.72 Å². The van der Waals surface area contributed by atoms with Gasteiger partial charge in [0.25, 0.3) is 0 Å². The Morgan fingerprint density at radius 3 is 2.04 bits per heavy atom. The number of sulfonamides is 1. The van der Waals surface area contributed by atoms with Crippen molar-refractivity contribution in [3.05, 3.63) is 45.7 Å². The van der Waals surface area contributed by atoms with Crippen LogP contribution in [0.5, 0.6) is 0 Å². The first-order valence-electron chi connectivity index (χ1n) is 6.24. The van der Waals surface area contributed by atoms with Crippen LogP contribution in [0.3, 0.4) is 0 Å². The third-order valence-electron chi connectivity index (χ3n) is 2.77. The molecule has 0 amide bonds. The number of sulfone groups is 1. The third kappa shape index (κ3) is 4.69. The fourth-order valence-corrected chi connectivity index (χ4v) is 3.53. The van der Waals surface area contributed by atoms with Gasteiger partial charge in [-0.1, -0.05) is 11.7 Å². The summed E-state index contributed by atoms with van der Waals surface area (Å²) in [5.74, 6) is -9.46. The van der Waals surface area contributed by atoms with Crippen molar-refractivity contribution < 1.29 is 34.4 Å². The van der Waals surface area contributed by atoms with E-state index in [-0.39, 0.29) is 6.42 Å². The van der Waals surface area contributed by atoms with Crippen molar-refractivity contribution in [1.29, 1.82) is 0 Å². The lowest BCUT2D eigenvalue weighted by Crippen LogP contribution is -2.28. The maximum atomic E-state index is 13.8. The van der Waals surface area contributed by atoms with Crippen LogP contribution in [0.15, 0.2) is 22.0 Å². The minimum atomic E-state index is -5.06. The number of halogens is 4. The largest absolute Gasteiger partial charge is 0.246 e. The predicted molar refractivity (Wildman–Crippen MR) is 78.9 cm³/mol. The number of hydrogen-bond donors (Lipinski definition) is 1. The molecule has 1 aromatic carbocycles. The van der Waals surface area contributed by atoms with E-state index in [1.54, 1.807) is 4.72 Å². The molecule has 0 aliphatic heterocycles. The monoisotopic (exact) mass is 402 g/mol. The second-order valence-electron chi connectivity index (χ2n) is 4.41. The summed E-state index contributed by atoms with van der Waals surface area (Å²) in [6.07, 6.45) is -0.293. The number of benzene rings is 1. The van der Waals surface area contributed by atoms with Crippen molar-refractivity contribution in [2.45, 2.75) is 11.3 Å². The van der Waals surface area contributed by atoms with Crippen molar-refractivity contribution in [3.63, 3.8) is 0 Å². The molecule has 1 aromatic rings. The van der Waals surface area contributed by atoms with Crippen LogP contribution in [0.1, 0.15) is 6.42 Å². The molecule has 0 aromatic heterocycles. The summed E-state index contributed by atoms with van der Waals surface area (Å²) in [7, 11) is -8.69. The van der Waals surface area contributed by atoms with Gasteiger partial charge in [0, 0.05) is 16.9 Å². The lowest BCUT2D eigenvalue weighted by atomic mass is 10.2. The van der Waals surface area contributed by atoms with Gasteiger partial charge in [0.05, 0.1) is 5.75 Å². The summed E-state index contributed by atoms with van der Waals surface area (Å²) in [5.41, 5.74) is 6.44. The van der Waals surface area contributed by atoms with E-state index in [4.69, 9.17) is 5.53 Å². The van der Waals surface area contributed by atoms with Crippen LogP contribution in [0.4, 0.5) is 23.2 Å². The summed E-state index contributed by atoms with van der Waals surface area (Å²) >= 11 is 0. The second kappa shape index (κ2) is 7.82. The Balaban J connectivity index is 3.18. The maximum Gasteiger partial charge on any atom is 0.246 e. The SMILES string of the molecule is C=CS(=O)(=O)CCCNS(=O)(=O)c1c(F)c(F)c(N=[N+]=[N-])c(F)c1F. The molecule has 0 heterocycles. The number of azide groups is 1. The van der Waals surface area contributed by atoms with Gasteiger partial charge in [-0.3, -0.25) is 0 Å². The summed E-state index contributed by atoms with van der Waals surface area (Å²) in [5, 5.41) is 3.06. The first kappa shape index (κ1) is 20.9. The second-order valence-corrected chi connectivity index (χ2v) is 8.18. The Morgan fingerprint density at radius 1 is 1.08 bits per heavy atom. The number of hydrogen-bond acceptors (Lipinski definition) is 5. The molecule has 1 rings (SSSR count). The topological polar surface area (TPSA) is 129 Å². The Bertz CT molecular complexity index is 928. The van der Waals surface area contributed by atoms with E-state index < -0.39 is 66.0 Å². The van der Waals surface area contributed by atoms with Crippen LogP contribution < -0.4 is 4.72 Å². The van der Waals surface area contributed by atoms with Gasteiger partial charge in [0.1, 0.15) is 5.69 Å². The number of nitrogens with one attached hydrogen (secondary N) is 1. The van der Waals surface area contributed by atoms with Crippen LogP contribution in [-0.4, -0.2) is 29.1 Å². The molecule has 25 heavy (non-hydrogen) atoms. The van der Waals surface area contributed by atoms with Crippen LogP contribution in [0.2, 0.25) is 0 Å². The van der Waals surface area contributed by atoms with Gasteiger partial charge in [0.2, 0.25) is 10.0 Å². The third-order valence-corrected chi connectivity index (χ3v) is 5.61. The summed E-state index contributed by atoms with van der Waals surface area (Å²) in [4.78, 5) is 0.0222. The molecule has 0 radical (unpaired) electrons. The van der Waals surface area contributed by atoms with Crippen molar-refractivity contribution >= 4 is 25.5 Å². The molecule has 0 fully saturated rings. The van der Waals surface area contributed by atoms with E-state index in [0.717, 1.165) is 0 Å². The Morgan fingerprint density at radius 2 is 1.60 bits per heavy atom. The van der Waals surface area contributed by atoms with Gasteiger partial charge < -0.3 is 0 Å². The smallest absolute Gasteiger partial charge is 0.224 e. The molecular formula is C11H10F4N4O4S2. The van der Waals surface area contributed by atoms with Crippen LogP contribution >= 0.6 is 0 Å². The van der Waals surface area contributed by atoms with E-state index >= 15 is 0 Å². The van der Waals surface area contributed by atoms with E-state index in [1.165, 1.54) is 0 Å². The summed E-state index contributed by atoms with van der Waals surface area (Å²) in [6, 6.07) is 0. The highest BCUT2D eigenvalue weighted by atomic mass is 32.2. The molecule has 14 heteroatoms. The average molecular weight is 402 g/mol. The van der Waals surface area contributed by atoms with E-state index in [1.807, 2.05) is 4.91 Å². The molecule has 0 atom stereocenters. The molecule has 8 nitrogen and oxygen atoms in total. The first-order valence-corrected chi connectivity index (χ1v) is 9.44. The zero-order valence-electron chi connectivity index (χ0n) is 12.2. The molecule has 1 N–H and O–H groups in total. The highest BCUT2D eigenvalue weighted by molar-refractivity contribution is 7.94. The summed E-state index contributed by atoms with van der Waals surface area (Å²) < 4.78 is 102. The fourth-order valence-electron chi connectivity index (χ4n) is 1.60. The normalized spacial score (nSPS) is 11.8. The van der Waals surface area contributed by atoms with Crippen molar-refractivity contribution in [3.8, 4) is 0 Å². The number of rotatable bonds is 8. The van der Waals surface area contributed by atoms with Crippen LogP contribution in [0.25, 0.3) is 10.4 Å². The van der Waals surface area contributed by atoms with Crippen molar-refractivity contribution in [2.24, 2.45) is 5.11 Å². The lowest BCUT2D eigenvalue weighted by Gasteiger charge is -2.11. The van der Waals surface area contributed by atoms with Gasteiger partial charge in [-0.2, -0.15) is 0 Å². The quantitative estimate of drug-likeness (QED) is 0.179. The van der Waals surface area contributed by atoms with E-state index in [0.29, 0.717) is 5.41 Å². The van der Waals surface area contributed by atoms with Gasteiger partial charge in [-0.25, -0.2) is 39.1 Å². The summed E-state index contributed by atoms with van der Waals surface area (Å²) in [6.45, 7) is 2.44. The molecule has 0 saturated carbocycles. The zero-order chi connectivity index (χ0) is 19.4. The Kier molecular flexibility index (Phi) is 6.54. The highest BCUT2D eigenvalue weighted by Gasteiger charge is 2.32. The van der Waals surface area contributed by atoms with Gasteiger partial charge >= 0.3 is 0 Å². The van der Waals surface area contributed by atoms with E-state index in [2.05, 4.69) is 11.7 Å². The standard InChI is InChI=1S/C11H10F4N4O4S2/c1-2-24(20,21)5-3-4-17-25(22,23)11-8(14)6(12)10(18-19-16)7(13)9(11)15/h2,17H,1,3-5H2. The number of nitrogens with zero attached hydrogens (tertiary/aromatic N) is 3. The Labute approximate surface area is 139 Å². The van der Waals surface area contributed by atoms with E-state index in [9.17, 15) is 34.4 Å². The van der Waals surface area contributed by atoms with Crippen molar-refractivity contribution in [2.75, 3.05) is 12.3 Å². The van der Waals surface area contributed by atoms with Gasteiger partial charge in [-0.05, 0) is 12.0 Å². The average Bonchev–Trinajstić information content (AvgIpc) is 2.54. The highest BCUT2D eigenvalue weighted by Crippen LogP contribution is 2.32. The molecule has 0 saturated heterocycles. The van der Waals surface area contributed by atoms with Gasteiger partial charge in [0.15, 0.2) is 38.0 Å². The van der Waals surface area contributed by atoms with Crippen LogP contribution in [-0.2, 0) is 19.9 Å². The lowest BCUT2D eigenvalue weighted by molar-refractivity contribution is 0.421. The van der Waals surface area contributed by atoms with Crippen LogP contribution in [0, 0.1) is 23.3 Å². The first-order chi connectivity index (χ1) is 11.5. The predicted octanol–water partition coefficient (Wildman–Crippen LogP) is 2.41. The fraction of sp³-hybridized carbons (Fsp3) is 0.273. The Hall–Kier alpha value is -2.15. The molecule has 0 aliphatic carbocycles. The molecular weight excluding hydrogens is 392 g/mol. The maximum absolute atomic E-state index is 13.8. The molecule has 0 unspecified atom stereocenters. The zero-order valence-corrected chi connectivity index (χ0v) is 13.8. The molecule has 138 valence electrons. The molecule has 0 spiro atoms. The molecule has 0 aliphatic rings.